The summed E-state index contributed by atoms with van der Waals surface area (Å²) in [6.07, 6.45) is -4.89. The van der Waals surface area contributed by atoms with E-state index in [1.165, 1.54) is 24.3 Å². The molecule has 0 bridgehead atoms. The first-order valence-electron chi connectivity index (χ1n) is 10.3. The average Bonchev–Trinajstić information content (AvgIpc) is 2.81. The fourth-order valence-electron chi connectivity index (χ4n) is 3.35. The van der Waals surface area contributed by atoms with Crippen LogP contribution in [0.15, 0.2) is 47.3 Å². The summed E-state index contributed by atoms with van der Waals surface area (Å²) < 4.78 is 40.6. The Kier molecular flexibility index (Phi) is 8.22. The standard InChI is InChI=1S/C23H16Cl2F3N3O7/c24-11-6-5-10(13(25)7-11)9-31-21(37)16(19(35)29-8-15(32)33)18(34)17(22(31)38)20(36)30-14-4-2-1-3-12(14)23(26,27)28/h1-7,34,38H,8-9H2,(H,29,35)(H,30,36)(H,32,33). The van der Waals surface area contributed by atoms with Crippen LogP contribution in [-0.2, 0) is 17.5 Å². The second kappa shape index (κ2) is 11.0. The van der Waals surface area contributed by atoms with Crippen LogP contribution in [-0.4, -0.2) is 44.2 Å². The second-order valence-electron chi connectivity index (χ2n) is 7.62. The molecule has 0 unspecified atom stereocenters. The molecule has 3 rings (SSSR count). The Balaban J connectivity index is 2.20. The van der Waals surface area contributed by atoms with Crippen LogP contribution in [0, 0.1) is 0 Å². The van der Waals surface area contributed by atoms with Gasteiger partial charge in [0.15, 0.2) is 5.75 Å². The zero-order valence-electron chi connectivity index (χ0n) is 18.8. The number of hydrogen-bond donors (Lipinski definition) is 5. The zero-order chi connectivity index (χ0) is 28.4. The Bertz CT molecular complexity index is 1510. The van der Waals surface area contributed by atoms with E-state index in [9.17, 15) is 42.6 Å². The van der Waals surface area contributed by atoms with Gasteiger partial charge >= 0.3 is 12.1 Å². The molecule has 200 valence electrons. The molecule has 0 atom stereocenters. The van der Waals surface area contributed by atoms with Gasteiger partial charge in [0.25, 0.3) is 17.4 Å². The molecule has 15 heteroatoms. The summed E-state index contributed by atoms with van der Waals surface area (Å²) in [6.45, 7) is -1.57. The van der Waals surface area contributed by atoms with Crippen molar-refractivity contribution in [2.45, 2.75) is 12.7 Å². The highest BCUT2D eigenvalue weighted by molar-refractivity contribution is 6.35. The highest BCUT2D eigenvalue weighted by atomic mass is 35.5. The van der Waals surface area contributed by atoms with E-state index in [1.807, 2.05) is 10.6 Å². The maximum Gasteiger partial charge on any atom is 0.418 e. The van der Waals surface area contributed by atoms with Crippen molar-refractivity contribution in [3.63, 3.8) is 0 Å². The number of halogens is 5. The van der Waals surface area contributed by atoms with Crippen LogP contribution in [0.1, 0.15) is 31.8 Å². The maximum absolute atomic E-state index is 13.4. The van der Waals surface area contributed by atoms with E-state index < -0.39 is 76.6 Å². The van der Waals surface area contributed by atoms with Crippen LogP contribution in [0.3, 0.4) is 0 Å². The third kappa shape index (κ3) is 6.01. The van der Waals surface area contributed by atoms with Gasteiger partial charge in [-0.3, -0.25) is 23.7 Å². The van der Waals surface area contributed by atoms with Crippen molar-refractivity contribution in [3.05, 3.63) is 85.1 Å². The van der Waals surface area contributed by atoms with E-state index in [1.54, 1.807) is 0 Å². The molecule has 0 radical (unpaired) electrons. The first-order chi connectivity index (χ1) is 17.7. The molecular weight excluding hydrogens is 558 g/mol. The van der Waals surface area contributed by atoms with E-state index in [4.69, 9.17) is 28.3 Å². The van der Waals surface area contributed by atoms with Crippen LogP contribution in [0.2, 0.25) is 10.0 Å². The number of alkyl halides is 3. The minimum absolute atomic E-state index is 0.0128. The monoisotopic (exact) mass is 573 g/mol. The number of rotatable bonds is 7. The van der Waals surface area contributed by atoms with Gasteiger partial charge < -0.3 is 26.0 Å². The van der Waals surface area contributed by atoms with Crippen molar-refractivity contribution in [1.82, 2.24) is 9.88 Å². The Morgan fingerprint density at radius 3 is 2.24 bits per heavy atom. The first kappa shape index (κ1) is 28.3. The van der Waals surface area contributed by atoms with Crippen molar-refractivity contribution in [2.24, 2.45) is 0 Å². The predicted octanol–water partition coefficient (Wildman–Crippen LogP) is 3.70. The highest BCUT2D eigenvalue weighted by Gasteiger charge is 2.35. The summed E-state index contributed by atoms with van der Waals surface area (Å²) in [4.78, 5) is 49.5. The minimum atomic E-state index is -4.89. The Hall–Kier alpha value is -4.23. The SMILES string of the molecule is O=C(O)CNC(=O)c1c(O)c(C(=O)Nc2ccccc2C(F)(F)F)c(O)n(Cc2ccc(Cl)cc2Cl)c1=O. The van der Waals surface area contributed by atoms with Gasteiger partial charge in [-0.1, -0.05) is 41.4 Å². The molecule has 1 aromatic heterocycles. The fraction of sp³-hybridized carbons (Fsp3) is 0.130. The first-order valence-corrected chi connectivity index (χ1v) is 11.1. The van der Waals surface area contributed by atoms with Crippen molar-refractivity contribution < 1.29 is 42.9 Å². The lowest BCUT2D eigenvalue weighted by molar-refractivity contribution is -0.137. The van der Waals surface area contributed by atoms with Gasteiger partial charge in [-0.2, -0.15) is 13.2 Å². The van der Waals surface area contributed by atoms with Crippen molar-refractivity contribution in [2.75, 3.05) is 11.9 Å². The molecule has 10 nitrogen and oxygen atoms in total. The predicted molar refractivity (Wildman–Crippen MR) is 129 cm³/mol. The third-order valence-corrected chi connectivity index (χ3v) is 5.68. The number of hydrogen-bond acceptors (Lipinski definition) is 6. The molecule has 0 spiro atoms. The molecular formula is C23H16Cl2F3N3O7. The Morgan fingerprint density at radius 2 is 1.63 bits per heavy atom. The van der Waals surface area contributed by atoms with Crippen LogP contribution in [0.5, 0.6) is 11.6 Å². The van der Waals surface area contributed by atoms with E-state index >= 15 is 0 Å². The summed E-state index contributed by atoms with van der Waals surface area (Å²) in [5.74, 6) is -7.06. The van der Waals surface area contributed by atoms with Gasteiger partial charge in [0.1, 0.15) is 17.7 Å². The van der Waals surface area contributed by atoms with Gasteiger partial charge in [-0.05, 0) is 29.8 Å². The molecule has 2 aromatic carbocycles. The van der Waals surface area contributed by atoms with Crippen molar-refractivity contribution in [3.8, 4) is 11.6 Å². The number of anilines is 1. The summed E-state index contributed by atoms with van der Waals surface area (Å²) in [6, 6.07) is 7.85. The number of carbonyl (C=O) groups excluding carboxylic acids is 2. The van der Waals surface area contributed by atoms with Crippen LogP contribution < -0.4 is 16.2 Å². The summed E-state index contributed by atoms with van der Waals surface area (Å²) in [7, 11) is 0. The van der Waals surface area contributed by atoms with Gasteiger partial charge in [-0.15, -0.1) is 0 Å². The quantitative estimate of drug-likeness (QED) is 0.288. The second-order valence-corrected chi connectivity index (χ2v) is 8.47. The molecule has 38 heavy (non-hydrogen) atoms. The molecule has 5 N–H and O–H groups in total. The van der Waals surface area contributed by atoms with Gasteiger partial charge in [-0.25, -0.2) is 0 Å². The normalized spacial score (nSPS) is 11.2. The summed E-state index contributed by atoms with van der Waals surface area (Å²) in [5, 5.41) is 34.2. The molecule has 0 saturated carbocycles. The molecule has 0 fully saturated rings. The Labute approximate surface area is 220 Å². The molecule has 0 aliphatic carbocycles. The number of pyridine rings is 1. The largest absolute Gasteiger partial charge is 0.506 e. The number of carboxylic acids is 1. The third-order valence-electron chi connectivity index (χ3n) is 5.09. The number of carbonyl (C=O) groups is 3. The molecule has 1 heterocycles. The van der Waals surface area contributed by atoms with Crippen LogP contribution in [0.25, 0.3) is 0 Å². The van der Waals surface area contributed by atoms with Gasteiger partial charge in [0, 0.05) is 10.0 Å². The van der Waals surface area contributed by atoms with Gasteiger partial charge in [0.05, 0.1) is 17.8 Å². The number of carboxylic acid groups (broad SMARTS) is 1. The van der Waals surface area contributed by atoms with E-state index in [0.29, 0.717) is 10.6 Å². The topological polar surface area (TPSA) is 158 Å². The number of para-hydroxylation sites is 1. The zero-order valence-corrected chi connectivity index (χ0v) is 20.3. The molecule has 3 aromatic rings. The van der Waals surface area contributed by atoms with E-state index in [0.717, 1.165) is 12.1 Å². The minimum Gasteiger partial charge on any atom is -0.506 e. The van der Waals surface area contributed by atoms with Gasteiger partial charge in [0.2, 0.25) is 5.88 Å². The molecule has 0 aliphatic heterocycles. The highest BCUT2D eigenvalue weighted by Crippen LogP contribution is 2.36. The molecule has 0 saturated heterocycles. The number of nitrogens with zero attached hydrogens (tertiary/aromatic N) is 1. The van der Waals surface area contributed by atoms with E-state index in [2.05, 4.69) is 0 Å². The number of aliphatic carboxylic acids is 1. The smallest absolute Gasteiger partial charge is 0.418 e. The number of aromatic hydroxyl groups is 2. The Morgan fingerprint density at radius 1 is 0.974 bits per heavy atom. The lowest BCUT2D eigenvalue weighted by atomic mass is 10.1. The molecule has 2 amide bonds. The maximum atomic E-state index is 13.4. The lowest BCUT2D eigenvalue weighted by Gasteiger charge is -2.18. The number of amides is 2. The fourth-order valence-corrected chi connectivity index (χ4v) is 3.82. The number of benzene rings is 2. The van der Waals surface area contributed by atoms with E-state index in [-0.39, 0.29) is 15.6 Å². The van der Waals surface area contributed by atoms with Crippen LogP contribution in [0.4, 0.5) is 18.9 Å². The molecule has 0 aliphatic rings. The number of aromatic nitrogens is 1. The number of nitrogens with one attached hydrogen (secondary N) is 2. The average molecular weight is 574 g/mol. The van der Waals surface area contributed by atoms with Crippen LogP contribution >= 0.6 is 23.2 Å². The summed E-state index contributed by atoms with van der Waals surface area (Å²) >= 11 is 12.0. The van der Waals surface area contributed by atoms with Crippen molar-refractivity contribution >= 4 is 46.7 Å². The lowest BCUT2D eigenvalue weighted by Crippen LogP contribution is -2.37. The summed E-state index contributed by atoms with van der Waals surface area (Å²) in [5.41, 5.74) is -5.49. The van der Waals surface area contributed by atoms with Crippen molar-refractivity contribution in [1.29, 1.82) is 0 Å².